The number of aliphatic carboxylic acids is 1. The number of carboxylic acids is 1. The fourth-order valence-corrected chi connectivity index (χ4v) is 1.81. The Morgan fingerprint density at radius 3 is 2.12 bits per heavy atom. The van der Waals surface area contributed by atoms with Crippen molar-refractivity contribution in [3.8, 4) is 0 Å². The Bertz CT molecular complexity index is 239. The Labute approximate surface area is 103 Å². The number of rotatable bonds is 3. The van der Waals surface area contributed by atoms with Crippen molar-refractivity contribution in [1.82, 2.24) is 5.06 Å². The lowest BCUT2D eigenvalue weighted by Gasteiger charge is -2.22. The van der Waals surface area contributed by atoms with Crippen LogP contribution in [0.4, 0.5) is 0 Å². The molecule has 1 fully saturated rings. The highest BCUT2D eigenvalue weighted by Gasteiger charge is 2.43. The van der Waals surface area contributed by atoms with Gasteiger partial charge < -0.3 is 15.4 Å². The predicted molar refractivity (Wildman–Crippen MR) is 64.9 cm³/mol. The predicted octanol–water partition coefficient (Wildman–Crippen LogP) is 1.73. The Morgan fingerprint density at radius 1 is 1.41 bits per heavy atom. The molecule has 1 saturated heterocycles. The highest BCUT2D eigenvalue weighted by atomic mass is 16.5. The molecule has 0 amide bonds. The summed E-state index contributed by atoms with van der Waals surface area (Å²) in [6, 6.07) is 0. The van der Waals surface area contributed by atoms with Gasteiger partial charge in [0.2, 0.25) is 0 Å². The summed E-state index contributed by atoms with van der Waals surface area (Å²) < 4.78 is 0. The molecule has 5 nitrogen and oxygen atoms in total. The summed E-state index contributed by atoms with van der Waals surface area (Å²) in [4.78, 5) is 10.9. The van der Waals surface area contributed by atoms with E-state index in [1.165, 1.54) is 0 Å². The summed E-state index contributed by atoms with van der Waals surface area (Å²) in [7, 11) is 0. The van der Waals surface area contributed by atoms with Crippen LogP contribution in [0.5, 0.6) is 0 Å². The van der Waals surface area contributed by atoms with Gasteiger partial charge in [0.15, 0.2) is 0 Å². The van der Waals surface area contributed by atoms with Crippen LogP contribution < -0.4 is 0 Å². The summed E-state index contributed by atoms with van der Waals surface area (Å²) in [6.45, 7) is 7.94. The van der Waals surface area contributed by atoms with Gasteiger partial charge in [-0.3, -0.25) is 4.79 Å². The van der Waals surface area contributed by atoms with E-state index in [1.54, 1.807) is 20.8 Å². The van der Waals surface area contributed by atoms with Crippen LogP contribution >= 0.6 is 0 Å². The second-order valence-electron chi connectivity index (χ2n) is 5.64. The first-order valence-electron chi connectivity index (χ1n) is 6.00. The summed E-state index contributed by atoms with van der Waals surface area (Å²) in [6.07, 6.45) is 2.06. The van der Waals surface area contributed by atoms with Gasteiger partial charge in [-0.1, -0.05) is 13.3 Å². The average molecular weight is 247 g/mol. The van der Waals surface area contributed by atoms with Gasteiger partial charge in [0.25, 0.3) is 0 Å². The van der Waals surface area contributed by atoms with Crippen molar-refractivity contribution in [2.75, 3.05) is 13.1 Å². The molecule has 102 valence electrons. The quantitative estimate of drug-likeness (QED) is 0.707. The molecule has 17 heavy (non-hydrogen) atoms. The third-order valence-electron chi connectivity index (χ3n) is 2.52. The van der Waals surface area contributed by atoms with E-state index in [1.807, 2.05) is 6.92 Å². The average Bonchev–Trinajstić information content (AvgIpc) is 2.46. The normalized spacial score (nSPS) is 25.3. The molecule has 1 heterocycles. The molecule has 0 spiro atoms. The van der Waals surface area contributed by atoms with Gasteiger partial charge in [-0.15, -0.1) is 0 Å². The van der Waals surface area contributed by atoms with Gasteiger partial charge in [-0.05, 0) is 33.6 Å². The highest BCUT2D eigenvalue weighted by Crippen LogP contribution is 2.34. The van der Waals surface area contributed by atoms with Crippen molar-refractivity contribution in [2.45, 2.75) is 52.6 Å². The lowest BCUT2D eigenvalue weighted by Crippen LogP contribution is -2.33. The molecule has 0 radical (unpaired) electrons. The van der Waals surface area contributed by atoms with Crippen LogP contribution in [0.2, 0.25) is 0 Å². The monoisotopic (exact) mass is 247 g/mol. The summed E-state index contributed by atoms with van der Waals surface area (Å²) in [5.74, 6) is -0.777. The molecule has 0 saturated carbocycles. The summed E-state index contributed by atoms with van der Waals surface area (Å²) >= 11 is 0. The minimum absolute atomic E-state index is 0.274. The number of carboxylic acid groups (broad SMARTS) is 1. The minimum atomic E-state index is -0.777. The molecular weight excluding hydrogens is 222 g/mol. The Morgan fingerprint density at radius 2 is 1.88 bits per heavy atom. The summed E-state index contributed by atoms with van der Waals surface area (Å²) in [5, 5.41) is 27.7. The van der Waals surface area contributed by atoms with Crippen molar-refractivity contribution in [1.29, 1.82) is 0 Å². The van der Waals surface area contributed by atoms with Crippen LogP contribution in [0.1, 0.15) is 47.0 Å². The van der Waals surface area contributed by atoms with E-state index in [4.69, 9.17) is 15.4 Å². The second kappa shape index (κ2) is 6.33. The lowest BCUT2D eigenvalue weighted by molar-refractivity contribution is -0.152. The minimum Gasteiger partial charge on any atom is -0.481 e. The topological polar surface area (TPSA) is 81.0 Å². The van der Waals surface area contributed by atoms with Crippen LogP contribution in [0.25, 0.3) is 0 Å². The second-order valence-corrected chi connectivity index (χ2v) is 5.64. The molecule has 5 heteroatoms. The van der Waals surface area contributed by atoms with Crippen LogP contribution in [0.15, 0.2) is 0 Å². The first-order valence-corrected chi connectivity index (χ1v) is 6.00. The lowest BCUT2D eigenvalue weighted by atomic mass is 9.83. The van der Waals surface area contributed by atoms with Crippen LogP contribution in [-0.4, -0.2) is 45.1 Å². The molecule has 0 aliphatic carbocycles. The number of carbonyl (C=O) groups is 1. The van der Waals surface area contributed by atoms with Gasteiger partial charge in [0.05, 0.1) is 11.0 Å². The summed E-state index contributed by atoms with van der Waals surface area (Å²) in [5.41, 5.74) is -1.19. The largest absolute Gasteiger partial charge is 0.481 e. The van der Waals surface area contributed by atoms with Crippen molar-refractivity contribution < 1.29 is 20.2 Å². The smallest absolute Gasteiger partial charge is 0.311 e. The third kappa shape index (κ3) is 6.61. The molecule has 0 unspecified atom stereocenters. The SMILES string of the molecule is CC(C)(C)O.CCC[C@]1(C(=O)O)CCN(O)C1. The molecule has 0 aromatic carbocycles. The zero-order chi connectivity index (χ0) is 13.7. The first-order chi connectivity index (χ1) is 7.60. The van der Waals surface area contributed by atoms with E-state index in [2.05, 4.69) is 0 Å². The van der Waals surface area contributed by atoms with Crippen molar-refractivity contribution in [3.63, 3.8) is 0 Å². The van der Waals surface area contributed by atoms with Gasteiger partial charge in [0.1, 0.15) is 0 Å². The number of hydrogen-bond donors (Lipinski definition) is 3. The molecular formula is C12H25NO4. The van der Waals surface area contributed by atoms with Gasteiger partial charge in [0, 0.05) is 13.1 Å². The maximum absolute atomic E-state index is 10.9. The van der Waals surface area contributed by atoms with E-state index in [0.29, 0.717) is 19.4 Å². The molecule has 1 aliphatic rings. The van der Waals surface area contributed by atoms with Gasteiger partial charge in [-0.25, -0.2) is 0 Å². The van der Waals surface area contributed by atoms with Crippen molar-refractivity contribution >= 4 is 5.97 Å². The van der Waals surface area contributed by atoms with E-state index in [9.17, 15) is 4.79 Å². The molecule has 0 bridgehead atoms. The molecule has 0 aromatic rings. The fraction of sp³-hybridized carbons (Fsp3) is 0.917. The zero-order valence-corrected chi connectivity index (χ0v) is 11.2. The number of hydroxylamine groups is 2. The Kier molecular flexibility index (Phi) is 6.09. The van der Waals surface area contributed by atoms with E-state index in [-0.39, 0.29) is 6.54 Å². The number of aliphatic hydroxyl groups is 1. The number of nitrogens with zero attached hydrogens (tertiary/aromatic N) is 1. The highest BCUT2D eigenvalue weighted by molar-refractivity contribution is 5.75. The van der Waals surface area contributed by atoms with Crippen molar-refractivity contribution in [3.05, 3.63) is 0 Å². The maximum atomic E-state index is 10.9. The van der Waals surface area contributed by atoms with E-state index < -0.39 is 17.0 Å². The van der Waals surface area contributed by atoms with Crippen LogP contribution in [0.3, 0.4) is 0 Å². The maximum Gasteiger partial charge on any atom is 0.311 e. The van der Waals surface area contributed by atoms with E-state index >= 15 is 0 Å². The van der Waals surface area contributed by atoms with Gasteiger partial charge >= 0.3 is 5.97 Å². The third-order valence-corrected chi connectivity index (χ3v) is 2.52. The van der Waals surface area contributed by atoms with Crippen LogP contribution in [0, 0.1) is 5.41 Å². The number of hydrogen-bond acceptors (Lipinski definition) is 4. The molecule has 1 atom stereocenters. The van der Waals surface area contributed by atoms with Crippen molar-refractivity contribution in [2.24, 2.45) is 5.41 Å². The Balaban J connectivity index is 0.000000437. The molecule has 1 aliphatic heterocycles. The first kappa shape index (κ1) is 16.4. The van der Waals surface area contributed by atoms with Crippen LogP contribution in [-0.2, 0) is 4.79 Å². The van der Waals surface area contributed by atoms with Gasteiger partial charge in [-0.2, -0.15) is 5.06 Å². The fourth-order valence-electron chi connectivity index (χ4n) is 1.81. The molecule has 3 N–H and O–H groups in total. The zero-order valence-electron chi connectivity index (χ0n) is 11.2. The standard InChI is InChI=1S/C8H15NO3.C4H10O/c1-2-3-8(7(10)11)4-5-9(12)6-8;1-4(2,3)5/h12H,2-6H2,1H3,(H,10,11);5H,1-3H3/t8-;/m0./s1. The Hall–Kier alpha value is -0.650. The van der Waals surface area contributed by atoms with E-state index in [0.717, 1.165) is 11.5 Å². The molecule has 1 rings (SSSR count). The molecule has 0 aromatic heterocycles.